The van der Waals surface area contributed by atoms with Crippen LogP contribution < -0.4 is 25.4 Å². The molecule has 3 N–H and O–H groups in total. The van der Waals surface area contributed by atoms with E-state index in [1.165, 1.54) is 23.7 Å². The summed E-state index contributed by atoms with van der Waals surface area (Å²) < 4.78 is 8.00. The fourth-order valence-electron chi connectivity index (χ4n) is 5.90. The van der Waals surface area contributed by atoms with Crippen molar-refractivity contribution >= 4 is 35.3 Å². The van der Waals surface area contributed by atoms with Crippen LogP contribution >= 0.6 is 0 Å². The van der Waals surface area contributed by atoms with Crippen molar-refractivity contribution in [2.75, 3.05) is 41.7 Å². The largest absolute Gasteiger partial charge is 0.458 e. The number of esters is 1. The lowest BCUT2D eigenvalue weighted by atomic mass is 10.0. The number of rotatable bonds is 10. The first kappa shape index (κ1) is 31.9. The summed E-state index contributed by atoms with van der Waals surface area (Å²) in [5, 5.41) is 9.68. The van der Waals surface area contributed by atoms with Crippen LogP contribution in [0.3, 0.4) is 0 Å². The van der Waals surface area contributed by atoms with E-state index in [0.29, 0.717) is 18.3 Å². The van der Waals surface area contributed by atoms with Crippen LogP contribution in [0.15, 0.2) is 61.2 Å². The molecule has 0 spiro atoms. The molecule has 1 fully saturated rings. The molecule has 2 aliphatic rings. The zero-order valence-electron chi connectivity index (χ0n) is 26.9. The van der Waals surface area contributed by atoms with E-state index >= 15 is 0 Å². The highest BCUT2D eigenvalue weighted by atomic mass is 16.6. The predicted octanol–water partition coefficient (Wildman–Crippen LogP) is 4.48. The van der Waals surface area contributed by atoms with Crippen molar-refractivity contribution in [2.24, 2.45) is 0 Å². The van der Waals surface area contributed by atoms with Gasteiger partial charge >= 0.3 is 5.97 Å². The number of pyridine rings is 1. The molecular weight excluding hydrogens is 566 g/mol. The molecule has 5 rings (SSSR count). The first-order valence-corrected chi connectivity index (χ1v) is 16.1. The monoisotopic (exact) mass is 612 g/mol. The number of piperidine rings is 1. The Balaban J connectivity index is 1.25. The zero-order valence-corrected chi connectivity index (χ0v) is 26.9. The number of aromatic nitrogens is 3. The molecule has 1 amide bonds. The van der Waals surface area contributed by atoms with Gasteiger partial charge in [0.05, 0.1) is 0 Å². The summed E-state index contributed by atoms with van der Waals surface area (Å²) in [6.07, 6.45) is 14.3. The molecule has 0 aliphatic carbocycles. The van der Waals surface area contributed by atoms with Crippen LogP contribution in [0.4, 0.5) is 17.3 Å². The van der Waals surface area contributed by atoms with E-state index in [1.807, 2.05) is 51.1 Å². The molecule has 238 valence electrons. The summed E-state index contributed by atoms with van der Waals surface area (Å²) in [7, 11) is 0. The van der Waals surface area contributed by atoms with Gasteiger partial charge in [0.2, 0.25) is 5.91 Å². The number of hydrogen-bond donors (Lipinski definition) is 3. The van der Waals surface area contributed by atoms with Crippen molar-refractivity contribution in [1.29, 1.82) is 0 Å². The average molecular weight is 613 g/mol. The van der Waals surface area contributed by atoms with Gasteiger partial charge in [-0.25, -0.2) is 19.3 Å². The minimum absolute atomic E-state index is 0.119. The number of nitrogens with one attached hydrogen (secondary N) is 3. The second-order valence-corrected chi connectivity index (χ2v) is 12.7. The lowest BCUT2D eigenvalue weighted by Gasteiger charge is -2.32. The van der Waals surface area contributed by atoms with Gasteiger partial charge in [0.25, 0.3) is 0 Å². The zero-order chi connectivity index (χ0) is 31.8. The van der Waals surface area contributed by atoms with Crippen LogP contribution in [-0.4, -0.2) is 59.7 Å². The van der Waals surface area contributed by atoms with Gasteiger partial charge in [-0.1, -0.05) is 37.3 Å². The summed E-state index contributed by atoms with van der Waals surface area (Å²) in [5.74, 6) is 0.670. The molecule has 0 unspecified atom stereocenters. The summed E-state index contributed by atoms with van der Waals surface area (Å²) >= 11 is 0. The summed E-state index contributed by atoms with van der Waals surface area (Å²) in [5.41, 5.74) is 3.85. The van der Waals surface area contributed by atoms with Crippen molar-refractivity contribution in [3.8, 4) is 0 Å². The maximum Gasteiger partial charge on any atom is 0.331 e. The molecule has 1 aromatic carbocycles. The Kier molecular flexibility index (Phi) is 10.3. The Hall–Kier alpha value is -4.47. The molecule has 1 atom stereocenters. The third-order valence-electron chi connectivity index (χ3n) is 8.18. The van der Waals surface area contributed by atoms with Gasteiger partial charge in [-0.2, -0.15) is 0 Å². The van der Waals surface area contributed by atoms with Gasteiger partial charge in [0.15, 0.2) is 18.4 Å². The van der Waals surface area contributed by atoms with Crippen LogP contribution in [0, 0.1) is 0 Å². The minimum atomic E-state index is -0.917. The number of nitrogens with zero attached hydrogens (tertiary/aromatic N) is 4. The van der Waals surface area contributed by atoms with Crippen molar-refractivity contribution in [1.82, 2.24) is 15.3 Å². The van der Waals surface area contributed by atoms with Gasteiger partial charge in [-0.15, -0.1) is 0 Å². The lowest BCUT2D eigenvalue weighted by molar-refractivity contribution is -0.724. The van der Waals surface area contributed by atoms with Gasteiger partial charge < -0.3 is 25.6 Å². The van der Waals surface area contributed by atoms with Gasteiger partial charge in [-0.05, 0) is 57.2 Å². The van der Waals surface area contributed by atoms with E-state index in [4.69, 9.17) is 4.74 Å². The Bertz CT molecular complexity index is 1490. The Morgan fingerprint density at radius 3 is 2.67 bits per heavy atom. The smallest absolute Gasteiger partial charge is 0.331 e. The molecule has 10 heteroatoms. The second kappa shape index (κ2) is 14.5. The normalized spacial score (nSPS) is 16.0. The molecule has 3 aromatic rings. The van der Waals surface area contributed by atoms with Gasteiger partial charge in [0.1, 0.15) is 35.3 Å². The van der Waals surface area contributed by atoms with E-state index < -0.39 is 17.6 Å². The quantitative estimate of drug-likeness (QED) is 0.175. The van der Waals surface area contributed by atoms with E-state index in [2.05, 4.69) is 60.8 Å². The van der Waals surface area contributed by atoms with E-state index in [0.717, 1.165) is 55.8 Å². The number of ether oxygens (including phenoxy) is 1. The fourth-order valence-corrected chi connectivity index (χ4v) is 5.90. The van der Waals surface area contributed by atoms with Crippen LogP contribution in [0.1, 0.15) is 69.7 Å². The average Bonchev–Trinajstić information content (AvgIpc) is 3.05. The molecule has 45 heavy (non-hydrogen) atoms. The third kappa shape index (κ3) is 8.59. The minimum Gasteiger partial charge on any atom is -0.458 e. The lowest BCUT2D eigenvalue weighted by Crippen LogP contribution is -2.48. The SMILES string of the molecule is CCc1c(NC[C@H](NC(=O)/C=C/c2ccccc2)C(=O)OC(C)(C)C)ncnc1N1CCC([n+]2ccc3c(c2)NCCC3)CC1. The number of benzene rings is 1. The highest BCUT2D eigenvalue weighted by molar-refractivity contribution is 5.94. The molecular formula is C35H46N7O3+. The van der Waals surface area contributed by atoms with Gasteiger partial charge in [-0.3, -0.25) is 4.79 Å². The molecule has 10 nitrogen and oxygen atoms in total. The summed E-state index contributed by atoms with van der Waals surface area (Å²) in [6, 6.07) is 11.3. The number of carbonyl (C=O) groups is 2. The topological polar surface area (TPSA) is 112 Å². The first-order valence-electron chi connectivity index (χ1n) is 16.1. The van der Waals surface area contributed by atoms with Crippen molar-refractivity contribution in [3.05, 3.63) is 77.9 Å². The van der Waals surface area contributed by atoms with E-state index in [9.17, 15) is 9.59 Å². The number of amides is 1. The summed E-state index contributed by atoms with van der Waals surface area (Å²) in [6.45, 7) is 10.4. The first-order chi connectivity index (χ1) is 21.7. The van der Waals surface area contributed by atoms with Crippen LogP contribution in [0.2, 0.25) is 0 Å². The third-order valence-corrected chi connectivity index (χ3v) is 8.18. The molecule has 0 bridgehead atoms. The highest BCUT2D eigenvalue weighted by Gasteiger charge is 2.30. The molecule has 0 radical (unpaired) electrons. The Morgan fingerprint density at radius 1 is 1.16 bits per heavy atom. The standard InChI is InChI=1S/C35H45N7O3/c1-5-28-32(37-22-29(34(44)45-35(2,3)4)40-31(43)14-13-25-10-7-6-8-11-25)38-24-39-33(28)41-20-16-27(17-21-41)42-19-15-26-12-9-18-36-30(26)23-42/h6-8,10-11,13-15,19,23-24,27,29,36H,5,9,12,16-18,20-22H2,1-4H3,(H-,37,38,39,40,43)/p+1/b14-13+/t29-/m0/s1. The molecule has 2 aliphatic heterocycles. The van der Waals surface area contributed by atoms with Crippen molar-refractivity contribution in [2.45, 2.75) is 77.5 Å². The Morgan fingerprint density at radius 2 is 1.93 bits per heavy atom. The second-order valence-electron chi connectivity index (χ2n) is 12.7. The fraction of sp³-hybridized carbons (Fsp3) is 0.457. The van der Waals surface area contributed by atoms with E-state index in [1.54, 1.807) is 12.4 Å². The number of anilines is 3. The van der Waals surface area contributed by atoms with Gasteiger partial charge in [0, 0.05) is 56.7 Å². The van der Waals surface area contributed by atoms with E-state index in [-0.39, 0.29) is 12.5 Å². The van der Waals surface area contributed by atoms with Crippen LogP contribution in [0.5, 0.6) is 0 Å². The van der Waals surface area contributed by atoms with Crippen molar-refractivity contribution < 1.29 is 18.9 Å². The van der Waals surface area contributed by atoms with Crippen molar-refractivity contribution in [3.63, 3.8) is 0 Å². The number of fused-ring (bicyclic) bond motifs is 1. The number of carbonyl (C=O) groups excluding carboxylic acids is 2. The Labute approximate surface area is 266 Å². The summed E-state index contributed by atoms with van der Waals surface area (Å²) in [4.78, 5) is 37.5. The molecule has 4 heterocycles. The number of hydrogen-bond acceptors (Lipinski definition) is 8. The predicted molar refractivity (Wildman–Crippen MR) is 177 cm³/mol. The van der Waals surface area contributed by atoms with Crippen LogP contribution in [0.25, 0.3) is 6.08 Å². The molecule has 1 saturated heterocycles. The van der Waals surface area contributed by atoms with Crippen LogP contribution in [-0.2, 0) is 27.2 Å². The maximum absolute atomic E-state index is 13.1. The molecule has 2 aromatic heterocycles. The number of aryl methyl sites for hydroxylation is 1. The maximum atomic E-state index is 13.1. The molecule has 0 saturated carbocycles. The highest BCUT2D eigenvalue weighted by Crippen LogP contribution is 2.29.